The Balaban J connectivity index is 2.16. The second kappa shape index (κ2) is 7.54. The third kappa shape index (κ3) is 5.91. The maximum Gasteiger partial charge on any atom is 0.188 e. The highest BCUT2D eigenvalue weighted by molar-refractivity contribution is 5.77. The molecule has 0 amide bonds. The lowest BCUT2D eigenvalue weighted by atomic mass is 10.0. The number of piperidine rings is 1. The number of nitrogens with zero attached hydrogens (tertiary/aromatic N) is 2. The van der Waals surface area contributed by atoms with Gasteiger partial charge < -0.3 is 11.1 Å². The summed E-state index contributed by atoms with van der Waals surface area (Å²) in [7, 11) is 0. The molecule has 1 saturated heterocycles. The van der Waals surface area contributed by atoms with Crippen molar-refractivity contribution in [3.63, 3.8) is 0 Å². The summed E-state index contributed by atoms with van der Waals surface area (Å²) in [5, 5.41) is 3.19. The SMILES string of the molecule is CC(C)CN=C(N)NCCN1CCCCC1C. The summed E-state index contributed by atoms with van der Waals surface area (Å²) in [4.78, 5) is 6.82. The van der Waals surface area contributed by atoms with Gasteiger partial charge in [-0.25, -0.2) is 0 Å². The summed E-state index contributed by atoms with van der Waals surface area (Å²) in [5.41, 5.74) is 5.79. The van der Waals surface area contributed by atoms with E-state index in [1.54, 1.807) is 0 Å². The average molecular weight is 240 g/mol. The summed E-state index contributed by atoms with van der Waals surface area (Å²) >= 11 is 0. The number of nitrogens with two attached hydrogens (primary N) is 1. The van der Waals surface area contributed by atoms with Crippen LogP contribution >= 0.6 is 0 Å². The minimum Gasteiger partial charge on any atom is -0.370 e. The van der Waals surface area contributed by atoms with Gasteiger partial charge in [-0.15, -0.1) is 0 Å². The Bertz CT molecular complexity index is 238. The molecule has 1 unspecified atom stereocenters. The van der Waals surface area contributed by atoms with Crippen molar-refractivity contribution in [1.29, 1.82) is 0 Å². The van der Waals surface area contributed by atoms with E-state index < -0.39 is 0 Å². The van der Waals surface area contributed by atoms with Gasteiger partial charge >= 0.3 is 0 Å². The van der Waals surface area contributed by atoms with E-state index in [-0.39, 0.29) is 0 Å². The number of aliphatic imine (C=N–C) groups is 1. The minimum absolute atomic E-state index is 0.567. The van der Waals surface area contributed by atoms with Crippen LogP contribution in [0.4, 0.5) is 0 Å². The summed E-state index contributed by atoms with van der Waals surface area (Å²) in [5.74, 6) is 1.15. The largest absolute Gasteiger partial charge is 0.370 e. The van der Waals surface area contributed by atoms with E-state index in [1.807, 2.05) is 0 Å². The standard InChI is InChI=1S/C13H28N4/c1-11(2)10-16-13(14)15-7-9-17-8-5-4-6-12(17)3/h11-12H,4-10H2,1-3H3,(H3,14,15,16). The predicted molar refractivity (Wildman–Crippen MR) is 74.2 cm³/mol. The lowest BCUT2D eigenvalue weighted by Gasteiger charge is -2.33. The summed E-state index contributed by atoms with van der Waals surface area (Å²) in [6.45, 7) is 10.6. The minimum atomic E-state index is 0.567. The Labute approximate surface area is 106 Å². The van der Waals surface area contributed by atoms with E-state index in [9.17, 15) is 0 Å². The fraction of sp³-hybridized carbons (Fsp3) is 0.923. The van der Waals surface area contributed by atoms with E-state index in [1.165, 1.54) is 25.8 Å². The fourth-order valence-corrected chi connectivity index (χ4v) is 2.15. The zero-order valence-corrected chi connectivity index (χ0v) is 11.6. The Kier molecular flexibility index (Phi) is 6.34. The number of hydrogen-bond acceptors (Lipinski definition) is 2. The molecule has 1 heterocycles. The van der Waals surface area contributed by atoms with E-state index in [2.05, 4.69) is 36.0 Å². The maximum atomic E-state index is 5.79. The second-order valence-electron chi connectivity index (χ2n) is 5.43. The van der Waals surface area contributed by atoms with Crippen molar-refractivity contribution in [1.82, 2.24) is 10.2 Å². The molecule has 0 aromatic rings. The van der Waals surface area contributed by atoms with Crippen LogP contribution in [0.25, 0.3) is 0 Å². The number of likely N-dealkylation sites (tertiary alicyclic amines) is 1. The molecule has 4 nitrogen and oxygen atoms in total. The van der Waals surface area contributed by atoms with Crippen molar-refractivity contribution in [3.05, 3.63) is 0 Å². The number of hydrogen-bond donors (Lipinski definition) is 2. The third-order valence-corrected chi connectivity index (χ3v) is 3.27. The Morgan fingerprint density at radius 3 is 2.88 bits per heavy atom. The van der Waals surface area contributed by atoms with E-state index in [0.717, 1.165) is 25.7 Å². The van der Waals surface area contributed by atoms with Crippen LogP contribution in [0.3, 0.4) is 0 Å². The molecule has 1 atom stereocenters. The van der Waals surface area contributed by atoms with Crippen molar-refractivity contribution in [2.24, 2.45) is 16.6 Å². The average Bonchev–Trinajstić information content (AvgIpc) is 2.29. The molecule has 100 valence electrons. The van der Waals surface area contributed by atoms with Crippen LogP contribution in [0.1, 0.15) is 40.0 Å². The van der Waals surface area contributed by atoms with Gasteiger partial charge in [-0.3, -0.25) is 9.89 Å². The molecular formula is C13H28N4. The number of nitrogens with one attached hydrogen (secondary N) is 1. The van der Waals surface area contributed by atoms with E-state index >= 15 is 0 Å². The lowest BCUT2D eigenvalue weighted by molar-refractivity contribution is 0.164. The zero-order chi connectivity index (χ0) is 12.7. The van der Waals surface area contributed by atoms with Gasteiger partial charge in [-0.05, 0) is 32.2 Å². The van der Waals surface area contributed by atoms with Gasteiger partial charge in [0.05, 0.1) is 0 Å². The molecule has 0 aromatic heterocycles. The molecule has 4 heteroatoms. The van der Waals surface area contributed by atoms with Crippen molar-refractivity contribution in [2.75, 3.05) is 26.2 Å². The summed E-state index contributed by atoms with van der Waals surface area (Å²) < 4.78 is 0. The highest BCUT2D eigenvalue weighted by Crippen LogP contribution is 2.15. The quantitative estimate of drug-likeness (QED) is 0.564. The molecule has 0 bridgehead atoms. The van der Waals surface area contributed by atoms with Gasteiger partial charge in [-0.2, -0.15) is 0 Å². The summed E-state index contributed by atoms with van der Waals surface area (Å²) in [6, 6.07) is 0.722. The first-order chi connectivity index (χ1) is 8.09. The molecular weight excluding hydrogens is 212 g/mol. The molecule has 3 N–H and O–H groups in total. The third-order valence-electron chi connectivity index (χ3n) is 3.27. The number of guanidine groups is 1. The molecule has 0 radical (unpaired) electrons. The van der Waals surface area contributed by atoms with Gasteiger partial charge in [0.1, 0.15) is 0 Å². The summed E-state index contributed by atoms with van der Waals surface area (Å²) in [6.07, 6.45) is 4.04. The normalized spacial score (nSPS) is 23.1. The highest BCUT2D eigenvalue weighted by atomic mass is 15.2. The monoisotopic (exact) mass is 240 g/mol. The van der Waals surface area contributed by atoms with Crippen molar-refractivity contribution < 1.29 is 0 Å². The molecule has 1 aliphatic rings. The van der Waals surface area contributed by atoms with Crippen molar-refractivity contribution in [2.45, 2.75) is 46.1 Å². The predicted octanol–water partition coefficient (Wildman–Crippen LogP) is 1.42. The van der Waals surface area contributed by atoms with E-state index in [0.29, 0.717) is 11.9 Å². The van der Waals surface area contributed by atoms with Crippen LogP contribution in [0.5, 0.6) is 0 Å². The first-order valence-electron chi connectivity index (χ1n) is 6.87. The molecule has 1 rings (SSSR count). The van der Waals surface area contributed by atoms with Crippen LogP contribution in [-0.2, 0) is 0 Å². The molecule has 0 saturated carbocycles. The lowest BCUT2D eigenvalue weighted by Crippen LogP contribution is -2.43. The first kappa shape index (κ1) is 14.3. The van der Waals surface area contributed by atoms with Gasteiger partial charge in [0, 0.05) is 25.7 Å². The highest BCUT2D eigenvalue weighted by Gasteiger charge is 2.17. The smallest absolute Gasteiger partial charge is 0.188 e. The van der Waals surface area contributed by atoms with Crippen LogP contribution < -0.4 is 11.1 Å². The molecule has 0 aromatic carbocycles. The maximum absolute atomic E-state index is 5.79. The van der Waals surface area contributed by atoms with Crippen molar-refractivity contribution >= 4 is 5.96 Å². The Morgan fingerprint density at radius 2 is 2.24 bits per heavy atom. The number of rotatable bonds is 5. The van der Waals surface area contributed by atoms with Gasteiger partial charge in [0.15, 0.2) is 5.96 Å². The molecule has 1 aliphatic heterocycles. The second-order valence-corrected chi connectivity index (χ2v) is 5.43. The van der Waals surface area contributed by atoms with Crippen LogP contribution in [0.2, 0.25) is 0 Å². The first-order valence-corrected chi connectivity index (χ1v) is 6.87. The van der Waals surface area contributed by atoms with Crippen LogP contribution in [-0.4, -0.2) is 43.1 Å². The van der Waals surface area contributed by atoms with E-state index in [4.69, 9.17) is 5.73 Å². The van der Waals surface area contributed by atoms with Gasteiger partial charge in [0.2, 0.25) is 0 Å². The molecule has 0 aliphatic carbocycles. The van der Waals surface area contributed by atoms with Gasteiger partial charge in [0.25, 0.3) is 0 Å². The fourth-order valence-electron chi connectivity index (χ4n) is 2.15. The molecule has 1 fully saturated rings. The van der Waals surface area contributed by atoms with Crippen LogP contribution in [0.15, 0.2) is 4.99 Å². The Morgan fingerprint density at radius 1 is 1.47 bits per heavy atom. The van der Waals surface area contributed by atoms with Crippen molar-refractivity contribution in [3.8, 4) is 0 Å². The molecule has 0 spiro atoms. The van der Waals surface area contributed by atoms with Gasteiger partial charge in [-0.1, -0.05) is 20.3 Å². The molecule has 17 heavy (non-hydrogen) atoms. The zero-order valence-electron chi connectivity index (χ0n) is 11.6. The topological polar surface area (TPSA) is 53.6 Å². The Hall–Kier alpha value is -0.770. The van der Waals surface area contributed by atoms with Crippen LogP contribution in [0, 0.1) is 5.92 Å².